The number of amides is 1. The molecule has 1 aliphatic heterocycles. The van der Waals surface area contributed by atoms with Crippen molar-refractivity contribution in [2.45, 2.75) is 95.9 Å². The number of methoxy groups -OCH3 is 2. The maximum absolute atomic E-state index is 12.0. The summed E-state index contributed by atoms with van der Waals surface area (Å²) >= 11 is 5.42. The number of carbonyl (C=O) groups is 4. The van der Waals surface area contributed by atoms with Crippen molar-refractivity contribution >= 4 is 41.1 Å². The SMILES string of the molecule is COC[C@H]1C[C@H](NC(=S)NCCCCO[C@@H]2O[C@H](COC(C)=O)[C@H](OC(C)=O)[C@H](OC(C)=O)[C@H]2NC(C)=O)[C@@H](OC)C1O. The molecule has 1 saturated carbocycles. The lowest BCUT2D eigenvalue weighted by Crippen LogP contribution is -2.66. The maximum Gasteiger partial charge on any atom is 0.303 e. The molecule has 16 heteroatoms. The molecular weight excluding hydrogens is 590 g/mol. The third-order valence-corrected chi connectivity index (χ3v) is 7.21. The first kappa shape index (κ1) is 36.6. The average Bonchev–Trinajstić information content (AvgIpc) is 3.20. The highest BCUT2D eigenvalue weighted by atomic mass is 32.1. The minimum atomic E-state index is -1.18. The van der Waals surface area contributed by atoms with E-state index in [2.05, 4.69) is 16.0 Å². The van der Waals surface area contributed by atoms with Gasteiger partial charge in [-0.05, 0) is 31.5 Å². The molecule has 2 rings (SSSR count). The van der Waals surface area contributed by atoms with Gasteiger partial charge in [0, 0.05) is 61.0 Å². The fourth-order valence-electron chi connectivity index (χ4n) is 5.21. The van der Waals surface area contributed by atoms with Gasteiger partial charge in [-0.15, -0.1) is 0 Å². The van der Waals surface area contributed by atoms with E-state index >= 15 is 0 Å². The molecule has 2 aliphatic rings. The second kappa shape index (κ2) is 18.2. The number of hydrogen-bond donors (Lipinski definition) is 4. The van der Waals surface area contributed by atoms with E-state index in [0.717, 1.165) is 0 Å². The number of unbranched alkanes of at least 4 members (excludes halogenated alkanes) is 1. The van der Waals surface area contributed by atoms with E-state index in [-0.39, 0.29) is 25.2 Å². The summed E-state index contributed by atoms with van der Waals surface area (Å²) in [5.41, 5.74) is 0. The predicted octanol–water partition coefficient (Wildman–Crippen LogP) is -0.686. The fraction of sp³-hybridized carbons (Fsp3) is 0.815. The van der Waals surface area contributed by atoms with Gasteiger partial charge in [0.1, 0.15) is 24.9 Å². The van der Waals surface area contributed by atoms with E-state index < -0.39 is 66.7 Å². The largest absolute Gasteiger partial charge is 0.463 e. The number of carbonyl (C=O) groups excluding carboxylic acids is 4. The molecule has 4 N–H and O–H groups in total. The van der Waals surface area contributed by atoms with E-state index in [1.807, 2.05) is 0 Å². The first-order chi connectivity index (χ1) is 20.4. The van der Waals surface area contributed by atoms with Crippen molar-refractivity contribution in [3.63, 3.8) is 0 Å². The molecule has 1 amide bonds. The van der Waals surface area contributed by atoms with Crippen molar-refractivity contribution in [1.29, 1.82) is 0 Å². The number of esters is 3. The second-order valence-electron chi connectivity index (χ2n) is 10.4. The topological polar surface area (TPSA) is 189 Å². The zero-order valence-electron chi connectivity index (χ0n) is 25.5. The van der Waals surface area contributed by atoms with Gasteiger partial charge in [-0.25, -0.2) is 0 Å². The Morgan fingerprint density at radius 2 is 1.58 bits per heavy atom. The Kier molecular flexibility index (Phi) is 15.5. The standard InChI is InChI=1S/C27H45N3O12S/c1-14(31)29-21-25(41-17(4)34)24(40-16(3)33)20(13-39-15(2)32)42-26(21)38-10-8-7-9-28-27(43)30-19-11-18(12-36-5)22(35)23(19)37-6/h18-26,35H,7-13H2,1-6H3,(H,29,31)(H2,28,30,43)/t18-,19+,20-,21-,22?,23-,24+,25-,26-/m1/s1. The van der Waals surface area contributed by atoms with Gasteiger partial charge >= 0.3 is 17.9 Å². The van der Waals surface area contributed by atoms with Crippen molar-refractivity contribution in [2.24, 2.45) is 5.92 Å². The van der Waals surface area contributed by atoms with Crippen LogP contribution >= 0.6 is 12.2 Å². The highest BCUT2D eigenvalue weighted by Gasteiger charge is 2.51. The molecule has 43 heavy (non-hydrogen) atoms. The van der Waals surface area contributed by atoms with Gasteiger partial charge < -0.3 is 54.2 Å². The van der Waals surface area contributed by atoms with Crippen LogP contribution in [0.15, 0.2) is 0 Å². The van der Waals surface area contributed by atoms with Gasteiger partial charge in [0.2, 0.25) is 5.91 Å². The van der Waals surface area contributed by atoms with Gasteiger partial charge in [-0.3, -0.25) is 19.2 Å². The molecule has 1 saturated heterocycles. The summed E-state index contributed by atoms with van der Waals surface area (Å²) in [4.78, 5) is 47.3. The minimum Gasteiger partial charge on any atom is -0.463 e. The predicted molar refractivity (Wildman–Crippen MR) is 154 cm³/mol. The van der Waals surface area contributed by atoms with Gasteiger partial charge in [0.15, 0.2) is 23.6 Å². The van der Waals surface area contributed by atoms with Gasteiger partial charge in [0.05, 0.1) is 18.8 Å². The molecular formula is C27H45N3O12S. The van der Waals surface area contributed by atoms with Crippen molar-refractivity contribution in [3.8, 4) is 0 Å². The van der Waals surface area contributed by atoms with Crippen LogP contribution in [0.4, 0.5) is 0 Å². The molecule has 9 atom stereocenters. The smallest absolute Gasteiger partial charge is 0.303 e. The summed E-state index contributed by atoms with van der Waals surface area (Å²) in [6.07, 6.45) is -3.74. The van der Waals surface area contributed by atoms with E-state index in [4.69, 9.17) is 45.4 Å². The molecule has 0 aromatic rings. The molecule has 0 radical (unpaired) electrons. The Hall–Kier alpha value is -2.63. The van der Waals surface area contributed by atoms with Crippen molar-refractivity contribution in [2.75, 3.05) is 40.6 Å². The van der Waals surface area contributed by atoms with E-state index in [0.29, 0.717) is 37.5 Å². The van der Waals surface area contributed by atoms with Crippen LogP contribution < -0.4 is 16.0 Å². The summed E-state index contributed by atoms with van der Waals surface area (Å²) in [7, 11) is 3.13. The summed E-state index contributed by atoms with van der Waals surface area (Å²) < 4.78 is 38.5. The normalized spacial score (nSPS) is 30.2. The Balaban J connectivity index is 1.95. The number of aliphatic hydroxyl groups is 1. The molecule has 1 aliphatic carbocycles. The number of thiocarbonyl (C=S) groups is 1. The Morgan fingerprint density at radius 1 is 0.907 bits per heavy atom. The summed E-state index contributed by atoms with van der Waals surface area (Å²) in [6, 6.07) is -1.19. The molecule has 0 spiro atoms. The first-order valence-electron chi connectivity index (χ1n) is 14.1. The lowest BCUT2D eigenvalue weighted by molar-refractivity contribution is -0.277. The lowest BCUT2D eigenvalue weighted by atomic mass is 9.96. The van der Waals surface area contributed by atoms with Crippen molar-refractivity contribution in [3.05, 3.63) is 0 Å². The lowest BCUT2D eigenvalue weighted by Gasteiger charge is -2.44. The highest BCUT2D eigenvalue weighted by Crippen LogP contribution is 2.29. The number of rotatable bonds is 15. The van der Waals surface area contributed by atoms with Crippen molar-refractivity contribution in [1.82, 2.24) is 16.0 Å². The number of ether oxygens (including phenoxy) is 7. The molecule has 246 valence electrons. The van der Waals surface area contributed by atoms with Gasteiger partial charge in [-0.1, -0.05) is 0 Å². The summed E-state index contributed by atoms with van der Waals surface area (Å²) in [5.74, 6) is -2.47. The Bertz CT molecular complexity index is 956. The van der Waals surface area contributed by atoms with Crippen LogP contribution in [0.3, 0.4) is 0 Å². The van der Waals surface area contributed by atoms with E-state index in [1.54, 1.807) is 14.2 Å². The number of nitrogens with one attached hydrogen (secondary N) is 3. The zero-order valence-corrected chi connectivity index (χ0v) is 26.3. The van der Waals surface area contributed by atoms with Crippen LogP contribution in [0.5, 0.6) is 0 Å². The van der Waals surface area contributed by atoms with Crippen LogP contribution in [0.2, 0.25) is 0 Å². The maximum atomic E-state index is 12.0. The molecule has 0 bridgehead atoms. The van der Waals surface area contributed by atoms with E-state index in [9.17, 15) is 24.3 Å². The fourth-order valence-corrected chi connectivity index (χ4v) is 5.47. The zero-order chi connectivity index (χ0) is 32.1. The van der Waals surface area contributed by atoms with Crippen molar-refractivity contribution < 1.29 is 57.4 Å². The summed E-state index contributed by atoms with van der Waals surface area (Å²) in [6.45, 7) is 5.65. The molecule has 0 aromatic carbocycles. The summed E-state index contributed by atoms with van der Waals surface area (Å²) in [5, 5.41) is 19.9. The van der Waals surface area contributed by atoms with Crippen LogP contribution in [-0.2, 0) is 52.3 Å². The Labute approximate surface area is 256 Å². The second-order valence-corrected chi connectivity index (χ2v) is 10.9. The van der Waals surface area contributed by atoms with E-state index in [1.165, 1.54) is 27.7 Å². The van der Waals surface area contributed by atoms with Crippen LogP contribution in [-0.4, -0.2) is 124 Å². The average molecular weight is 636 g/mol. The molecule has 1 heterocycles. The quantitative estimate of drug-likeness (QED) is 0.0766. The Morgan fingerprint density at radius 3 is 2.16 bits per heavy atom. The van der Waals surface area contributed by atoms with Crippen LogP contribution in [0.25, 0.3) is 0 Å². The van der Waals surface area contributed by atoms with Crippen LogP contribution in [0, 0.1) is 5.92 Å². The highest BCUT2D eigenvalue weighted by molar-refractivity contribution is 7.80. The monoisotopic (exact) mass is 635 g/mol. The number of hydrogen-bond acceptors (Lipinski definition) is 13. The van der Waals surface area contributed by atoms with Crippen LogP contribution in [0.1, 0.15) is 47.0 Å². The molecule has 1 unspecified atom stereocenters. The third-order valence-electron chi connectivity index (χ3n) is 6.95. The van der Waals surface area contributed by atoms with Gasteiger partial charge in [0.25, 0.3) is 0 Å². The molecule has 0 aromatic heterocycles. The number of aliphatic hydroxyl groups excluding tert-OH is 1. The first-order valence-corrected chi connectivity index (χ1v) is 14.5. The minimum absolute atomic E-state index is 0.0610. The third kappa shape index (κ3) is 11.8. The van der Waals surface area contributed by atoms with Gasteiger partial charge in [-0.2, -0.15) is 0 Å². The molecule has 2 fully saturated rings. The molecule has 15 nitrogen and oxygen atoms in total.